The van der Waals surface area contributed by atoms with Crippen LogP contribution in [0.15, 0.2) is 63.8 Å². The maximum absolute atomic E-state index is 13.0. The van der Waals surface area contributed by atoms with Gasteiger partial charge in [0, 0.05) is 33.9 Å². The molecule has 5 rings (SSSR count). The van der Waals surface area contributed by atoms with Crippen LogP contribution in [-0.4, -0.2) is 57.7 Å². The van der Waals surface area contributed by atoms with Crippen molar-refractivity contribution in [1.29, 1.82) is 0 Å². The number of carbonyl (C=O) groups is 3. The number of amides is 2. The van der Waals surface area contributed by atoms with Crippen molar-refractivity contribution in [2.75, 3.05) is 24.3 Å². The van der Waals surface area contributed by atoms with Gasteiger partial charge in [-0.1, -0.05) is 11.2 Å². The topological polar surface area (TPSA) is 193 Å². The Labute approximate surface area is 213 Å². The summed E-state index contributed by atoms with van der Waals surface area (Å²) in [7, 11) is 1.24. The van der Waals surface area contributed by atoms with Crippen molar-refractivity contribution in [3.8, 4) is 0 Å². The summed E-state index contributed by atoms with van der Waals surface area (Å²) >= 11 is 1.33. The lowest BCUT2D eigenvalue weighted by Gasteiger charge is -2.50. The number of nitrogens with two attached hydrogens (primary N) is 2. The molecule has 1 unspecified atom stereocenters. The van der Waals surface area contributed by atoms with Gasteiger partial charge in [0.05, 0.1) is 11.7 Å². The molecule has 14 heteroatoms. The number of thioether (sulfide) groups is 1. The maximum Gasteiger partial charge on any atom is 0.292 e. The van der Waals surface area contributed by atoms with Gasteiger partial charge in [0.1, 0.15) is 30.5 Å². The first-order valence-corrected chi connectivity index (χ1v) is 12.0. The van der Waals surface area contributed by atoms with E-state index >= 15 is 0 Å². The van der Waals surface area contributed by atoms with Crippen molar-refractivity contribution in [1.82, 2.24) is 15.2 Å². The summed E-state index contributed by atoms with van der Waals surface area (Å²) in [6, 6.07) is 6.23. The molecule has 0 bridgehead atoms. The van der Waals surface area contributed by atoms with Crippen LogP contribution in [0, 0.1) is 0 Å². The van der Waals surface area contributed by atoms with Crippen LogP contribution >= 0.6 is 11.8 Å². The number of carboxylic acids is 1. The zero-order valence-corrected chi connectivity index (χ0v) is 20.2. The van der Waals surface area contributed by atoms with Crippen LogP contribution in [0.3, 0.4) is 0 Å². The highest BCUT2D eigenvalue weighted by molar-refractivity contribution is 8.00. The SMILES string of the molecule is CO/N=C(\C(=O)NC1C(=O)N2C(C(=O)[O-])=C(C[n+]3ccc4c(N)cccc4c3)CS[C@H]12)c1coc(N)n1. The summed E-state index contributed by atoms with van der Waals surface area (Å²) in [5.74, 6) is -2.51. The first-order valence-electron chi connectivity index (χ1n) is 11.0. The molecule has 1 saturated heterocycles. The fraction of sp³-hybridized carbons (Fsp3) is 0.217. The number of nitrogens with one attached hydrogen (secondary N) is 1. The van der Waals surface area contributed by atoms with Crippen LogP contribution in [0.5, 0.6) is 0 Å². The number of aromatic nitrogens is 2. The van der Waals surface area contributed by atoms with Crippen LogP contribution in [0.25, 0.3) is 10.8 Å². The van der Waals surface area contributed by atoms with Crippen LogP contribution < -0.4 is 26.5 Å². The molecule has 0 radical (unpaired) electrons. The molecule has 2 aliphatic rings. The van der Waals surface area contributed by atoms with Gasteiger partial charge in [-0.05, 0) is 12.1 Å². The first kappa shape index (κ1) is 24.1. The molecule has 2 amide bonds. The van der Waals surface area contributed by atoms with Crippen LogP contribution in [0.1, 0.15) is 5.69 Å². The third-order valence-corrected chi connectivity index (χ3v) is 7.31. The number of pyridine rings is 1. The molecule has 0 saturated carbocycles. The molecule has 1 aromatic carbocycles. The van der Waals surface area contributed by atoms with Gasteiger partial charge in [-0.15, -0.1) is 11.8 Å². The molecule has 2 aromatic heterocycles. The number of nitrogens with zero attached hydrogens (tertiary/aromatic N) is 4. The van der Waals surface area contributed by atoms with Crippen molar-refractivity contribution in [2.45, 2.75) is 18.0 Å². The number of oxazole rings is 1. The highest BCUT2D eigenvalue weighted by atomic mass is 32.2. The molecule has 2 aliphatic heterocycles. The Balaban J connectivity index is 1.36. The highest BCUT2D eigenvalue weighted by Crippen LogP contribution is 2.40. The summed E-state index contributed by atoms with van der Waals surface area (Å²) in [6.07, 6.45) is 4.78. The summed E-state index contributed by atoms with van der Waals surface area (Å²) in [5.41, 5.74) is 12.2. The number of β-lactam (4-membered cyclic amide) rings is 1. The van der Waals surface area contributed by atoms with E-state index in [0.29, 0.717) is 17.0 Å². The summed E-state index contributed by atoms with van der Waals surface area (Å²) < 4.78 is 6.73. The minimum Gasteiger partial charge on any atom is -0.543 e. The Morgan fingerprint density at radius 2 is 2.19 bits per heavy atom. The fourth-order valence-electron chi connectivity index (χ4n) is 4.31. The van der Waals surface area contributed by atoms with E-state index in [1.54, 1.807) is 12.3 Å². The van der Waals surface area contributed by atoms with Gasteiger partial charge in [0.15, 0.2) is 24.7 Å². The van der Waals surface area contributed by atoms with E-state index in [4.69, 9.17) is 20.7 Å². The van der Waals surface area contributed by atoms with Gasteiger partial charge < -0.3 is 35.9 Å². The lowest BCUT2D eigenvalue weighted by Crippen LogP contribution is -2.71. The van der Waals surface area contributed by atoms with E-state index in [2.05, 4.69) is 15.5 Å². The lowest BCUT2D eigenvalue weighted by molar-refractivity contribution is -0.687. The summed E-state index contributed by atoms with van der Waals surface area (Å²) in [4.78, 5) is 47.7. The Morgan fingerprint density at radius 1 is 1.38 bits per heavy atom. The zero-order valence-electron chi connectivity index (χ0n) is 19.4. The molecule has 3 aromatic rings. The number of nitrogen functional groups attached to an aromatic ring is 2. The number of hydrogen-bond donors (Lipinski definition) is 3. The zero-order chi connectivity index (χ0) is 26.3. The molecule has 0 spiro atoms. The number of hydrogen-bond acceptors (Lipinski definition) is 11. The molecular formula is C23H21N7O6S. The monoisotopic (exact) mass is 523 g/mol. The Kier molecular flexibility index (Phi) is 6.17. The Morgan fingerprint density at radius 3 is 2.89 bits per heavy atom. The van der Waals surface area contributed by atoms with E-state index < -0.39 is 29.2 Å². The van der Waals surface area contributed by atoms with Gasteiger partial charge >= 0.3 is 0 Å². The number of anilines is 2. The van der Waals surface area contributed by atoms with Crippen molar-refractivity contribution in [2.24, 2.45) is 5.16 Å². The van der Waals surface area contributed by atoms with Crippen molar-refractivity contribution in [3.05, 3.63) is 59.9 Å². The molecule has 13 nitrogen and oxygen atoms in total. The van der Waals surface area contributed by atoms with Gasteiger partial charge in [-0.25, -0.2) is 4.57 Å². The molecular weight excluding hydrogens is 502 g/mol. The number of carboxylic acid groups (broad SMARTS) is 1. The summed E-state index contributed by atoms with van der Waals surface area (Å²) in [6.45, 7) is 0.229. The van der Waals surface area contributed by atoms with Crippen LogP contribution in [0.2, 0.25) is 0 Å². The molecule has 1 fully saturated rings. The van der Waals surface area contributed by atoms with Crippen LogP contribution in [0.4, 0.5) is 11.7 Å². The predicted molar refractivity (Wildman–Crippen MR) is 130 cm³/mol. The van der Waals surface area contributed by atoms with Crippen LogP contribution in [-0.2, 0) is 25.8 Å². The van der Waals surface area contributed by atoms with Crippen molar-refractivity contribution in [3.63, 3.8) is 0 Å². The van der Waals surface area contributed by atoms with E-state index in [1.807, 2.05) is 29.0 Å². The molecule has 2 atom stereocenters. The Bertz CT molecular complexity index is 1500. The van der Waals surface area contributed by atoms with Crippen molar-refractivity contribution < 1.29 is 33.3 Å². The highest BCUT2D eigenvalue weighted by Gasteiger charge is 2.53. The number of fused-ring (bicyclic) bond motifs is 2. The summed E-state index contributed by atoms with van der Waals surface area (Å²) in [5, 5.41) is 19.5. The number of oxime groups is 1. The van der Waals surface area contributed by atoms with Crippen molar-refractivity contribution >= 4 is 57.7 Å². The lowest BCUT2D eigenvalue weighted by atomic mass is 10.0. The second kappa shape index (κ2) is 9.46. The number of carbonyl (C=O) groups excluding carboxylic acids is 3. The maximum atomic E-state index is 13.0. The average molecular weight is 524 g/mol. The largest absolute Gasteiger partial charge is 0.543 e. The predicted octanol–water partition coefficient (Wildman–Crippen LogP) is -1.27. The normalized spacial score (nSPS) is 19.4. The van der Waals surface area contributed by atoms with E-state index in [-0.39, 0.29) is 29.7 Å². The van der Waals surface area contributed by atoms with E-state index in [0.717, 1.165) is 21.9 Å². The standard InChI is InChI=1S/C23H21N7O6S/c1-35-28-16(15-9-36-23(25)26-15)19(31)27-17-20(32)30-18(22(33)34)12(10-37-21(17)30)8-29-6-5-13-11(7-29)3-2-4-14(13)24/h2-7,9,17,21H,8,10,24H2,1H3,(H3-,25,26,27,31,33,34)/b28-16-/t17?,21-/m1/s1. The molecule has 0 aliphatic carbocycles. The second-order valence-electron chi connectivity index (χ2n) is 8.26. The fourth-order valence-corrected chi connectivity index (χ4v) is 5.65. The first-order chi connectivity index (χ1) is 17.8. The van der Waals surface area contributed by atoms with Gasteiger partial charge in [0.25, 0.3) is 17.8 Å². The average Bonchev–Trinajstić information content (AvgIpc) is 3.31. The minimum absolute atomic E-state index is 0.0172. The third kappa shape index (κ3) is 4.31. The Hall–Kier alpha value is -4.59. The van der Waals surface area contributed by atoms with E-state index in [1.165, 1.54) is 18.9 Å². The molecule has 190 valence electrons. The molecule has 37 heavy (non-hydrogen) atoms. The number of benzene rings is 1. The minimum atomic E-state index is -1.47. The number of rotatable bonds is 7. The number of aliphatic carboxylic acids is 1. The molecule has 4 heterocycles. The van der Waals surface area contributed by atoms with Gasteiger partial charge in [0.2, 0.25) is 0 Å². The third-order valence-electron chi connectivity index (χ3n) is 5.97. The van der Waals surface area contributed by atoms with Gasteiger partial charge in [-0.3, -0.25) is 14.5 Å². The molecule has 5 N–H and O–H groups in total. The quantitative estimate of drug-likeness (QED) is 0.111. The van der Waals surface area contributed by atoms with Gasteiger partial charge in [-0.2, -0.15) is 4.98 Å². The second-order valence-corrected chi connectivity index (χ2v) is 9.37. The van der Waals surface area contributed by atoms with E-state index in [9.17, 15) is 19.5 Å². The smallest absolute Gasteiger partial charge is 0.292 e.